The van der Waals surface area contributed by atoms with Gasteiger partial charge in [-0.15, -0.1) is 0 Å². The van der Waals surface area contributed by atoms with Gasteiger partial charge in [0, 0.05) is 0 Å². The summed E-state index contributed by atoms with van der Waals surface area (Å²) in [6.07, 6.45) is 5.13. The van der Waals surface area contributed by atoms with Crippen molar-refractivity contribution in [3.63, 3.8) is 0 Å². The van der Waals surface area contributed by atoms with Crippen LogP contribution in [0.3, 0.4) is 0 Å². The van der Waals surface area contributed by atoms with Crippen molar-refractivity contribution in [2.24, 2.45) is 0 Å². The molecule has 3 heterocycles. The van der Waals surface area contributed by atoms with Crippen LogP contribution in [0.4, 0.5) is 17.3 Å². The molecule has 3 aromatic heterocycles. The molecule has 1 aromatic carbocycles. The van der Waals surface area contributed by atoms with E-state index in [0.29, 0.717) is 33.9 Å². The molecule has 1 radical (unpaired) electrons. The Hall–Kier alpha value is -3.20. The molecule has 33 heavy (non-hydrogen) atoms. The van der Waals surface area contributed by atoms with Crippen LogP contribution < -0.4 is 15.7 Å². The fraction of sp³-hybridized carbons (Fsp3) is 0.100. The zero-order chi connectivity index (χ0) is 23.4. The Morgan fingerprint density at radius 2 is 2.00 bits per heavy atom. The summed E-state index contributed by atoms with van der Waals surface area (Å²) in [5, 5.41) is 15.8. The van der Waals surface area contributed by atoms with Gasteiger partial charge in [-0.2, -0.15) is 0 Å². The van der Waals surface area contributed by atoms with Gasteiger partial charge in [-0.3, -0.25) is 0 Å². The van der Waals surface area contributed by atoms with Crippen LogP contribution in [0.5, 0.6) is 0 Å². The predicted octanol–water partition coefficient (Wildman–Crippen LogP) is 3.59. The number of nitro groups is 1. The van der Waals surface area contributed by atoms with E-state index in [9.17, 15) is 10.1 Å². The van der Waals surface area contributed by atoms with Crippen molar-refractivity contribution >= 4 is 60.9 Å². The first-order chi connectivity index (χ1) is 15.9. The number of pyridine rings is 1. The van der Waals surface area contributed by atoms with Gasteiger partial charge in [-0.05, 0) is 0 Å². The van der Waals surface area contributed by atoms with Crippen molar-refractivity contribution in [1.82, 2.24) is 24.9 Å². The monoisotopic (exact) mass is 545 g/mol. The van der Waals surface area contributed by atoms with Gasteiger partial charge in [-0.1, -0.05) is 0 Å². The normalized spacial score (nSPS) is 11.2. The van der Waals surface area contributed by atoms with Crippen molar-refractivity contribution in [1.29, 1.82) is 0 Å². The van der Waals surface area contributed by atoms with E-state index < -0.39 is 4.92 Å². The number of hydrogen-bond acceptors (Lipinski definition) is 8. The molecule has 0 saturated carbocycles. The number of hydrogen-bond donors (Lipinski definition) is 3. The summed E-state index contributed by atoms with van der Waals surface area (Å²) in [4.78, 5) is 31.0. The molecule has 167 valence electrons. The molecule has 4 aromatic rings. The Morgan fingerprint density at radius 1 is 1.15 bits per heavy atom. The van der Waals surface area contributed by atoms with E-state index in [1.807, 2.05) is 6.07 Å². The average molecular weight is 546 g/mol. The van der Waals surface area contributed by atoms with E-state index in [0.717, 1.165) is 20.9 Å². The topological polar surface area (TPSA) is 149 Å². The summed E-state index contributed by atoms with van der Waals surface area (Å²) in [6.45, 7) is 0.588. The second-order valence-corrected chi connectivity index (χ2v) is 9.95. The average Bonchev–Trinajstić information content (AvgIpc) is 3.31. The molecule has 13 heteroatoms. The Balaban J connectivity index is 1.49. The Morgan fingerprint density at radius 3 is 2.70 bits per heavy atom. The van der Waals surface area contributed by atoms with Gasteiger partial charge in [0.2, 0.25) is 0 Å². The summed E-state index contributed by atoms with van der Waals surface area (Å²) in [5.74, 6) is 0.990. The third-order valence-electron chi connectivity index (χ3n) is 4.49. The molecule has 10 nitrogen and oxygen atoms in total. The number of nitrogens with two attached hydrogens (primary N) is 1. The summed E-state index contributed by atoms with van der Waals surface area (Å²) in [7, 11) is 0. The van der Waals surface area contributed by atoms with E-state index in [-0.39, 0.29) is 27.3 Å². The van der Waals surface area contributed by atoms with Crippen molar-refractivity contribution < 1.29 is 4.92 Å². The number of nitrogens with one attached hydrogen (secondary N) is 2. The SMILES string of the molecule is Nc1nc(NCC[As]c2ncc(-c3ncc[nH]3)c(-c3ccc(Cl)cc3Cl)n2)ccc1[N+](=O)[O-]. The number of aromatic amines is 1. The zero-order valence-electron chi connectivity index (χ0n) is 16.9. The number of halogens is 2. The van der Waals surface area contributed by atoms with Gasteiger partial charge >= 0.3 is 205 Å². The molecule has 0 aliphatic carbocycles. The molecule has 4 N–H and O–H groups in total. The first-order valence-electron chi connectivity index (χ1n) is 9.57. The second kappa shape index (κ2) is 10.2. The zero-order valence-corrected chi connectivity index (χ0v) is 20.3. The molecule has 0 bridgehead atoms. The quantitative estimate of drug-likeness (QED) is 0.132. The third kappa shape index (κ3) is 5.42. The third-order valence-corrected chi connectivity index (χ3v) is 7.02. The summed E-state index contributed by atoms with van der Waals surface area (Å²) < 4.78 is 0.723. The molecule has 0 aliphatic rings. The molecule has 4 rings (SSSR count). The van der Waals surface area contributed by atoms with Crippen molar-refractivity contribution in [3.05, 3.63) is 69.1 Å². The van der Waals surface area contributed by atoms with E-state index in [1.165, 1.54) is 12.1 Å². The molecule has 0 saturated heterocycles. The summed E-state index contributed by atoms with van der Waals surface area (Å²) in [6, 6.07) is 8.12. The van der Waals surface area contributed by atoms with Gasteiger partial charge in [0.25, 0.3) is 0 Å². The summed E-state index contributed by atoms with van der Waals surface area (Å²) >= 11 is 12.1. The Bertz CT molecular complexity index is 1300. The molecule has 0 atom stereocenters. The van der Waals surface area contributed by atoms with Crippen molar-refractivity contribution in [2.75, 3.05) is 17.6 Å². The number of rotatable bonds is 8. The minimum absolute atomic E-state index is 0.125. The number of nitrogens with zero attached hydrogens (tertiary/aromatic N) is 5. The number of aromatic nitrogens is 5. The first-order valence-corrected chi connectivity index (χ1v) is 12.6. The van der Waals surface area contributed by atoms with Crippen LogP contribution in [0.1, 0.15) is 0 Å². The van der Waals surface area contributed by atoms with E-state index in [1.54, 1.807) is 30.7 Å². The predicted molar refractivity (Wildman–Crippen MR) is 129 cm³/mol. The number of benzene rings is 1. The van der Waals surface area contributed by atoms with E-state index in [4.69, 9.17) is 33.9 Å². The fourth-order valence-electron chi connectivity index (χ4n) is 2.98. The number of H-pyrrole nitrogens is 1. The van der Waals surface area contributed by atoms with E-state index in [2.05, 4.69) is 25.3 Å². The van der Waals surface area contributed by atoms with Gasteiger partial charge in [0.05, 0.1) is 0 Å². The second-order valence-electron chi connectivity index (χ2n) is 6.66. The Kier molecular flexibility index (Phi) is 7.07. The molecule has 0 unspecified atom stereocenters. The molecular weight excluding hydrogens is 530 g/mol. The van der Waals surface area contributed by atoms with Gasteiger partial charge in [-0.25, -0.2) is 0 Å². The minimum atomic E-state index is -0.564. The van der Waals surface area contributed by atoms with Gasteiger partial charge in [0.1, 0.15) is 0 Å². The first kappa shape index (κ1) is 23.0. The number of anilines is 2. The van der Waals surface area contributed by atoms with Crippen LogP contribution >= 0.6 is 23.2 Å². The number of nitrogen functional groups attached to an aromatic ring is 1. The van der Waals surface area contributed by atoms with Crippen LogP contribution in [0.15, 0.2) is 48.9 Å². The van der Waals surface area contributed by atoms with Crippen LogP contribution in [0, 0.1) is 10.1 Å². The van der Waals surface area contributed by atoms with E-state index >= 15 is 0 Å². The van der Waals surface area contributed by atoms with Crippen LogP contribution in [0.2, 0.25) is 15.3 Å². The maximum atomic E-state index is 10.9. The summed E-state index contributed by atoms with van der Waals surface area (Å²) in [5.41, 5.74) is 7.56. The van der Waals surface area contributed by atoms with Crippen LogP contribution in [0.25, 0.3) is 22.6 Å². The van der Waals surface area contributed by atoms with Crippen molar-refractivity contribution in [2.45, 2.75) is 5.21 Å². The molecular formula is C20H16AsCl2N8O2. The maximum absolute atomic E-state index is 10.9. The molecule has 0 amide bonds. The molecule has 0 spiro atoms. The van der Waals surface area contributed by atoms with Gasteiger partial charge < -0.3 is 0 Å². The van der Waals surface area contributed by atoms with Crippen LogP contribution in [-0.4, -0.2) is 52.1 Å². The molecule has 0 aliphatic heterocycles. The standard InChI is InChI=1S/C20H16AsCl2N8O2/c22-11-1-2-12(14(23)9-11)17-13(19-26-7-8-27-19)10-28-20(30-17)21-5-6-25-16-4-3-15(31(32)33)18(24)29-16/h1-4,7-10H,5-6H2,(H,26,27)(H3,24,25,29). The number of imidazole rings is 1. The van der Waals surface area contributed by atoms with Gasteiger partial charge in [0.15, 0.2) is 0 Å². The van der Waals surface area contributed by atoms with Crippen LogP contribution in [-0.2, 0) is 0 Å². The van der Waals surface area contributed by atoms with Crippen molar-refractivity contribution in [3.8, 4) is 22.6 Å². The Labute approximate surface area is 204 Å². The fourth-order valence-corrected chi connectivity index (χ4v) is 5.02. The molecule has 0 fully saturated rings.